The Bertz CT molecular complexity index is 2950. The van der Waals surface area contributed by atoms with Crippen molar-refractivity contribution in [2.45, 2.75) is 0 Å². The highest BCUT2D eigenvalue weighted by Gasteiger charge is 2.19. The molecular weight excluding hydrogens is 687 g/mol. The first-order chi connectivity index (χ1) is 28.3. The average Bonchev–Trinajstić information content (AvgIpc) is 3.30. The smallest absolute Gasteiger partial charge is 0.0467 e. The normalized spacial score (nSPS) is 11.2. The topological polar surface area (TPSA) is 3.24 Å². The molecule has 0 aliphatic rings. The summed E-state index contributed by atoms with van der Waals surface area (Å²) < 4.78 is 0. The molecular formula is C56H39N. The highest BCUT2D eigenvalue weighted by molar-refractivity contribution is 6.22. The number of hydrogen-bond acceptors (Lipinski definition) is 1. The number of hydrogen-bond donors (Lipinski definition) is 0. The molecule has 0 N–H and O–H groups in total. The second-order valence-corrected chi connectivity index (χ2v) is 14.5. The highest BCUT2D eigenvalue weighted by atomic mass is 15.1. The molecule has 0 radical (unpaired) electrons. The van der Waals surface area contributed by atoms with Crippen LogP contribution in [0, 0.1) is 0 Å². The van der Waals surface area contributed by atoms with Crippen molar-refractivity contribution in [2.24, 2.45) is 0 Å². The first kappa shape index (κ1) is 34.0. The van der Waals surface area contributed by atoms with Crippen molar-refractivity contribution in [2.75, 3.05) is 4.90 Å². The fourth-order valence-corrected chi connectivity index (χ4v) is 8.32. The Kier molecular flexibility index (Phi) is 8.95. The number of fused-ring (bicyclic) bond motifs is 3. The molecule has 1 heteroatoms. The molecule has 0 bridgehead atoms. The molecule has 0 saturated carbocycles. The van der Waals surface area contributed by atoms with E-state index < -0.39 is 0 Å². The fourth-order valence-electron chi connectivity index (χ4n) is 8.32. The van der Waals surface area contributed by atoms with Gasteiger partial charge in [0, 0.05) is 17.1 Å². The molecule has 0 aromatic heterocycles. The van der Waals surface area contributed by atoms with E-state index >= 15 is 0 Å². The molecule has 0 aliphatic carbocycles. The fraction of sp³-hybridized carbons (Fsp3) is 0. The van der Waals surface area contributed by atoms with Gasteiger partial charge in [-0.05, 0) is 120 Å². The summed E-state index contributed by atoms with van der Waals surface area (Å²) >= 11 is 0. The first-order valence-electron chi connectivity index (χ1n) is 19.6. The van der Waals surface area contributed by atoms with Gasteiger partial charge in [-0.2, -0.15) is 0 Å². The molecule has 0 heterocycles. The number of para-hydroxylation sites is 1. The maximum atomic E-state index is 2.40. The summed E-state index contributed by atoms with van der Waals surface area (Å²) in [5.41, 5.74) is 15.4. The van der Waals surface area contributed by atoms with E-state index in [0.29, 0.717) is 0 Å². The Hall–Kier alpha value is -7.48. The Morgan fingerprint density at radius 2 is 0.561 bits per heavy atom. The minimum atomic E-state index is 1.10. The molecule has 0 fully saturated rings. The maximum Gasteiger partial charge on any atom is 0.0467 e. The van der Waals surface area contributed by atoms with Gasteiger partial charge in [-0.15, -0.1) is 0 Å². The second-order valence-electron chi connectivity index (χ2n) is 14.5. The minimum Gasteiger partial charge on any atom is -0.310 e. The van der Waals surface area contributed by atoms with Crippen molar-refractivity contribution in [3.63, 3.8) is 0 Å². The number of anilines is 3. The van der Waals surface area contributed by atoms with Crippen LogP contribution in [0.25, 0.3) is 77.2 Å². The van der Waals surface area contributed by atoms with E-state index in [1.807, 2.05) is 0 Å². The molecule has 0 amide bonds. The quantitative estimate of drug-likeness (QED) is 0.141. The SMILES string of the molecule is c1ccc(-c2ccc(-c3ccc(N(c4ccccc4)c4cccc(-c5ccc6c(c5)c(-c5ccccc5)c(-c5ccccc5)c5ccccc56)c4)cc3)cc2)cc1. The third-order valence-corrected chi connectivity index (χ3v) is 11.1. The van der Waals surface area contributed by atoms with Crippen LogP contribution in [0.1, 0.15) is 0 Å². The van der Waals surface area contributed by atoms with Gasteiger partial charge in [0.1, 0.15) is 0 Å². The first-order valence-corrected chi connectivity index (χ1v) is 19.6. The summed E-state index contributed by atoms with van der Waals surface area (Å²) in [6.45, 7) is 0. The Morgan fingerprint density at radius 1 is 0.193 bits per heavy atom. The van der Waals surface area contributed by atoms with Crippen molar-refractivity contribution >= 4 is 38.6 Å². The standard InChI is InChI=1S/C56H39N/c1-5-16-40(17-6-1)41-28-30-42(31-29-41)43-32-35-49(36-33-43)57(48-23-11-4-12-24-48)50-25-15-22-46(38-50)47-34-37-52-51-26-13-14-27-53(51)55(44-18-7-2-8-19-44)56(54(52)39-47)45-20-9-3-10-21-45/h1-39H. The van der Waals surface area contributed by atoms with Gasteiger partial charge in [0.15, 0.2) is 0 Å². The third-order valence-electron chi connectivity index (χ3n) is 11.1. The lowest BCUT2D eigenvalue weighted by molar-refractivity contribution is 1.28. The third kappa shape index (κ3) is 6.56. The van der Waals surface area contributed by atoms with Crippen LogP contribution >= 0.6 is 0 Å². The van der Waals surface area contributed by atoms with Gasteiger partial charge in [-0.3, -0.25) is 0 Å². The van der Waals surface area contributed by atoms with Gasteiger partial charge in [-0.25, -0.2) is 0 Å². The monoisotopic (exact) mass is 725 g/mol. The lowest BCUT2D eigenvalue weighted by atomic mass is 9.84. The molecule has 268 valence electrons. The van der Waals surface area contributed by atoms with Gasteiger partial charge >= 0.3 is 0 Å². The molecule has 0 saturated heterocycles. The summed E-state index contributed by atoms with van der Waals surface area (Å²) in [4.78, 5) is 2.35. The van der Waals surface area contributed by atoms with Crippen LogP contribution in [0.4, 0.5) is 17.1 Å². The van der Waals surface area contributed by atoms with Crippen LogP contribution in [0.5, 0.6) is 0 Å². The van der Waals surface area contributed by atoms with Gasteiger partial charge in [0.25, 0.3) is 0 Å². The predicted molar refractivity (Wildman–Crippen MR) is 243 cm³/mol. The van der Waals surface area contributed by atoms with Gasteiger partial charge in [0.2, 0.25) is 0 Å². The van der Waals surface area contributed by atoms with Crippen LogP contribution in [0.15, 0.2) is 237 Å². The molecule has 0 unspecified atom stereocenters. The van der Waals surface area contributed by atoms with Gasteiger partial charge in [-0.1, -0.05) is 194 Å². The lowest BCUT2D eigenvalue weighted by Gasteiger charge is -2.26. The van der Waals surface area contributed by atoms with E-state index in [1.54, 1.807) is 0 Å². The van der Waals surface area contributed by atoms with Gasteiger partial charge in [0.05, 0.1) is 0 Å². The predicted octanol–water partition coefficient (Wildman–Crippen LogP) is 15.8. The Morgan fingerprint density at radius 3 is 1.16 bits per heavy atom. The van der Waals surface area contributed by atoms with Crippen molar-refractivity contribution in [3.05, 3.63) is 237 Å². The van der Waals surface area contributed by atoms with Crippen LogP contribution in [0.2, 0.25) is 0 Å². The second kappa shape index (κ2) is 15.0. The summed E-state index contributed by atoms with van der Waals surface area (Å²) in [5.74, 6) is 0. The van der Waals surface area contributed by atoms with E-state index in [1.165, 1.54) is 77.2 Å². The molecule has 1 nitrogen and oxygen atoms in total. The molecule has 57 heavy (non-hydrogen) atoms. The molecule has 0 aliphatic heterocycles. The largest absolute Gasteiger partial charge is 0.310 e. The minimum absolute atomic E-state index is 1.10. The van der Waals surface area contributed by atoms with E-state index in [4.69, 9.17) is 0 Å². The molecule has 10 aromatic carbocycles. The summed E-state index contributed by atoms with van der Waals surface area (Å²) in [5, 5.41) is 5.02. The van der Waals surface area contributed by atoms with E-state index in [2.05, 4.69) is 241 Å². The maximum absolute atomic E-state index is 2.40. The van der Waals surface area contributed by atoms with Crippen LogP contribution < -0.4 is 4.90 Å². The highest BCUT2D eigenvalue weighted by Crippen LogP contribution is 2.46. The molecule has 0 spiro atoms. The van der Waals surface area contributed by atoms with E-state index in [0.717, 1.165) is 17.1 Å². The van der Waals surface area contributed by atoms with Crippen LogP contribution in [0.3, 0.4) is 0 Å². The molecule has 10 rings (SSSR count). The molecule has 0 atom stereocenters. The zero-order valence-electron chi connectivity index (χ0n) is 31.5. The molecule has 10 aromatic rings. The zero-order valence-corrected chi connectivity index (χ0v) is 31.5. The van der Waals surface area contributed by atoms with Crippen molar-refractivity contribution in [1.82, 2.24) is 0 Å². The lowest BCUT2D eigenvalue weighted by Crippen LogP contribution is -2.09. The Balaban J connectivity index is 1.08. The summed E-state index contributed by atoms with van der Waals surface area (Å²) in [7, 11) is 0. The average molecular weight is 726 g/mol. The summed E-state index contributed by atoms with van der Waals surface area (Å²) in [6, 6.07) is 85.5. The number of benzene rings is 10. The van der Waals surface area contributed by atoms with Crippen LogP contribution in [-0.4, -0.2) is 0 Å². The van der Waals surface area contributed by atoms with Crippen molar-refractivity contribution < 1.29 is 0 Å². The van der Waals surface area contributed by atoms with E-state index in [9.17, 15) is 0 Å². The van der Waals surface area contributed by atoms with Crippen molar-refractivity contribution in [1.29, 1.82) is 0 Å². The van der Waals surface area contributed by atoms with Gasteiger partial charge < -0.3 is 4.90 Å². The Labute approximate surface area is 334 Å². The summed E-state index contributed by atoms with van der Waals surface area (Å²) in [6.07, 6.45) is 0. The number of rotatable bonds is 8. The number of nitrogens with zero attached hydrogens (tertiary/aromatic N) is 1. The van der Waals surface area contributed by atoms with E-state index in [-0.39, 0.29) is 0 Å². The van der Waals surface area contributed by atoms with Crippen molar-refractivity contribution in [3.8, 4) is 55.6 Å². The van der Waals surface area contributed by atoms with Crippen LogP contribution in [-0.2, 0) is 0 Å². The zero-order chi connectivity index (χ0) is 38.0.